The van der Waals surface area contributed by atoms with Crippen molar-refractivity contribution in [3.8, 4) is 17.3 Å². The van der Waals surface area contributed by atoms with E-state index >= 15 is 0 Å². The van der Waals surface area contributed by atoms with E-state index in [1.165, 1.54) is 39.9 Å². The Balaban J connectivity index is 2.04. The quantitative estimate of drug-likeness (QED) is 0.556. The molecule has 8 nitrogen and oxygen atoms in total. The van der Waals surface area contributed by atoms with Crippen molar-refractivity contribution in [1.29, 1.82) is 5.26 Å². The molecule has 4 N–H and O–H groups in total. The number of primary amides is 2. The molecule has 0 aliphatic carbocycles. The number of urea groups is 1. The third-order valence-electron chi connectivity index (χ3n) is 5.60. The summed E-state index contributed by atoms with van der Waals surface area (Å²) in [5.74, 6) is -1.59. The summed E-state index contributed by atoms with van der Waals surface area (Å²) >= 11 is 12.1. The number of carbonyl (C=O) groups excluding carboxylic acids is 2. The number of alkyl halides is 1. The highest BCUT2D eigenvalue weighted by Crippen LogP contribution is 2.42. The summed E-state index contributed by atoms with van der Waals surface area (Å²) in [5, 5.41) is 13.5. The normalized spacial score (nSPS) is 17.2. The second-order valence-electron chi connectivity index (χ2n) is 7.60. The number of nitrogens with two attached hydrogens (primary N) is 2. The highest BCUT2D eigenvalue weighted by atomic mass is 35.5. The van der Waals surface area contributed by atoms with Crippen molar-refractivity contribution in [3.05, 3.63) is 74.6 Å². The molecule has 34 heavy (non-hydrogen) atoms. The number of carbonyl (C=O) groups is 2. The van der Waals surface area contributed by atoms with Gasteiger partial charge >= 0.3 is 6.03 Å². The van der Waals surface area contributed by atoms with Crippen LogP contribution in [0.25, 0.3) is 11.3 Å². The Bertz CT molecular complexity index is 1370. The molecule has 174 valence electrons. The molecule has 1 aromatic heterocycles. The molecule has 2 aromatic carbocycles. The summed E-state index contributed by atoms with van der Waals surface area (Å²) in [6, 6.07) is 7.22. The Kier molecular flexibility index (Phi) is 6.17. The Morgan fingerprint density at radius 1 is 1.18 bits per heavy atom. The van der Waals surface area contributed by atoms with Gasteiger partial charge in [-0.1, -0.05) is 29.3 Å². The molecular formula is C22H16Cl2F2N6O2. The molecule has 1 aliphatic heterocycles. The summed E-state index contributed by atoms with van der Waals surface area (Å²) in [7, 11) is 0. The van der Waals surface area contributed by atoms with Crippen LogP contribution in [0.3, 0.4) is 0 Å². The van der Waals surface area contributed by atoms with Crippen molar-refractivity contribution in [1.82, 2.24) is 14.7 Å². The number of nitrogens with zero attached hydrogens (tertiary/aromatic N) is 4. The molecule has 12 heteroatoms. The molecule has 0 saturated heterocycles. The van der Waals surface area contributed by atoms with E-state index < -0.39 is 36.5 Å². The number of nitriles is 1. The molecule has 2 unspecified atom stereocenters. The molecule has 3 amide bonds. The maximum absolute atomic E-state index is 14.1. The topological polar surface area (TPSA) is 131 Å². The van der Waals surface area contributed by atoms with E-state index in [2.05, 4.69) is 5.10 Å². The highest BCUT2D eigenvalue weighted by molar-refractivity contribution is 6.31. The van der Waals surface area contributed by atoms with Crippen LogP contribution in [0.4, 0.5) is 13.6 Å². The molecule has 0 radical (unpaired) electrons. The van der Waals surface area contributed by atoms with Crippen LogP contribution in [-0.4, -0.2) is 39.8 Å². The molecule has 0 fully saturated rings. The van der Waals surface area contributed by atoms with E-state index in [4.69, 9.17) is 34.7 Å². The third-order valence-corrected chi connectivity index (χ3v) is 6.20. The summed E-state index contributed by atoms with van der Waals surface area (Å²) < 4.78 is 29.1. The van der Waals surface area contributed by atoms with Crippen LogP contribution in [0.5, 0.6) is 0 Å². The average Bonchev–Trinajstić information content (AvgIpc) is 3.20. The predicted octanol–water partition coefficient (Wildman–Crippen LogP) is 3.96. The van der Waals surface area contributed by atoms with Crippen LogP contribution >= 0.6 is 23.2 Å². The minimum Gasteiger partial charge on any atom is -0.365 e. The van der Waals surface area contributed by atoms with Crippen LogP contribution in [0.15, 0.2) is 36.4 Å². The Labute approximate surface area is 202 Å². The van der Waals surface area contributed by atoms with E-state index in [0.717, 1.165) is 6.07 Å². The van der Waals surface area contributed by atoms with Crippen molar-refractivity contribution >= 4 is 35.1 Å². The molecule has 3 aromatic rings. The number of amides is 3. The maximum atomic E-state index is 14.1. The minimum atomic E-state index is -1.02. The smallest absolute Gasteiger partial charge is 0.315 e. The van der Waals surface area contributed by atoms with Gasteiger partial charge in [0.2, 0.25) is 0 Å². The molecule has 2 atom stereocenters. The fourth-order valence-corrected chi connectivity index (χ4v) is 4.51. The van der Waals surface area contributed by atoms with Crippen LogP contribution < -0.4 is 11.5 Å². The number of hydrogen-bond donors (Lipinski definition) is 2. The van der Waals surface area contributed by atoms with E-state index in [1.54, 1.807) is 0 Å². The van der Waals surface area contributed by atoms with Crippen LogP contribution in [0.1, 0.15) is 39.3 Å². The largest absolute Gasteiger partial charge is 0.365 e. The lowest BCUT2D eigenvalue weighted by molar-refractivity contribution is 0.0992. The Morgan fingerprint density at radius 3 is 2.47 bits per heavy atom. The van der Waals surface area contributed by atoms with E-state index in [9.17, 15) is 23.6 Å². The first-order valence-electron chi connectivity index (χ1n) is 9.87. The number of halogens is 4. The van der Waals surface area contributed by atoms with Gasteiger partial charge in [0, 0.05) is 12.1 Å². The molecule has 0 spiro atoms. The predicted molar refractivity (Wildman–Crippen MR) is 120 cm³/mol. The zero-order chi connectivity index (χ0) is 24.7. The number of aromatic nitrogens is 2. The maximum Gasteiger partial charge on any atom is 0.315 e. The summed E-state index contributed by atoms with van der Waals surface area (Å²) in [5.41, 5.74) is 12.2. The Hall–Kier alpha value is -3.68. The van der Waals surface area contributed by atoms with Crippen molar-refractivity contribution < 1.29 is 18.4 Å². The van der Waals surface area contributed by atoms with Crippen molar-refractivity contribution in [3.63, 3.8) is 0 Å². The van der Waals surface area contributed by atoms with E-state index in [1.807, 2.05) is 6.07 Å². The standard InChI is InChI=1S/C22H16Cl2F2N6O2/c23-14-6-11(1-2-12(14)8-27)19-20-17(21(28)33)18(10-3-4-16(26)15(24)5-10)30-32(20)13(7-25)9-31(19)22(29)34/h1-6,13,19H,7,9H2,(H2,28,33)(H2,29,34). The molecule has 0 bridgehead atoms. The number of benzene rings is 2. The molecule has 0 saturated carbocycles. The SMILES string of the molecule is N#Cc1ccc(C2c3c(C(N)=O)c(-c4ccc(F)c(Cl)c4)nn3C(CF)CN2C(N)=O)cc1Cl. The lowest BCUT2D eigenvalue weighted by atomic mass is 9.93. The van der Waals surface area contributed by atoms with Crippen LogP contribution in [0, 0.1) is 17.1 Å². The van der Waals surface area contributed by atoms with Gasteiger partial charge in [-0.15, -0.1) is 0 Å². The number of hydrogen-bond acceptors (Lipinski definition) is 4. The van der Waals surface area contributed by atoms with Gasteiger partial charge in [-0.25, -0.2) is 13.6 Å². The van der Waals surface area contributed by atoms with Gasteiger partial charge in [-0.05, 0) is 35.9 Å². The molecule has 1 aliphatic rings. The fraction of sp³-hybridized carbons (Fsp3) is 0.182. The van der Waals surface area contributed by atoms with Gasteiger partial charge in [0.1, 0.15) is 30.3 Å². The Morgan fingerprint density at radius 2 is 1.91 bits per heavy atom. The third kappa shape index (κ3) is 3.83. The first-order chi connectivity index (χ1) is 16.2. The lowest BCUT2D eigenvalue weighted by Gasteiger charge is -2.39. The van der Waals surface area contributed by atoms with E-state index in [-0.39, 0.29) is 44.7 Å². The minimum absolute atomic E-state index is 0.0407. The monoisotopic (exact) mass is 504 g/mol. The highest BCUT2D eigenvalue weighted by Gasteiger charge is 2.42. The summed E-state index contributed by atoms with van der Waals surface area (Å²) in [4.78, 5) is 26.2. The van der Waals surface area contributed by atoms with Gasteiger partial charge in [0.25, 0.3) is 5.91 Å². The summed E-state index contributed by atoms with van der Waals surface area (Å²) in [6.07, 6.45) is 0. The van der Waals surface area contributed by atoms with Crippen LogP contribution in [-0.2, 0) is 0 Å². The van der Waals surface area contributed by atoms with Gasteiger partial charge < -0.3 is 16.4 Å². The first-order valence-corrected chi connectivity index (χ1v) is 10.6. The molecular weight excluding hydrogens is 489 g/mol. The first kappa shape index (κ1) is 23.5. The van der Waals surface area contributed by atoms with E-state index in [0.29, 0.717) is 5.56 Å². The van der Waals surface area contributed by atoms with Gasteiger partial charge in [0.05, 0.1) is 32.9 Å². The van der Waals surface area contributed by atoms with Gasteiger partial charge in [-0.3, -0.25) is 9.48 Å². The summed E-state index contributed by atoms with van der Waals surface area (Å²) in [6.45, 7) is -1.09. The second-order valence-corrected chi connectivity index (χ2v) is 8.41. The zero-order valence-corrected chi connectivity index (χ0v) is 18.8. The van der Waals surface area contributed by atoms with Gasteiger partial charge in [-0.2, -0.15) is 10.4 Å². The lowest BCUT2D eigenvalue weighted by Crippen LogP contribution is -2.48. The molecule has 2 heterocycles. The molecule has 4 rings (SSSR count). The number of rotatable bonds is 4. The van der Waals surface area contributed by atoms with Crippen molar-refractivity contribution in [2.24, 2.45) is 11.5 Å². The van der Waals surface area contributed by atoms with Gasteiger partial charge in [0.15, 0.2) is 0 Å². The van der Waals surface area contributed by atoms with Crippen molar-refractivity contribution in [2.45, 2.75) is 12.1 Å². The zero-order valence-electron chi connectivity index (χ0n) is 17.3. The van der Waals surface area contributed by atoms with Crippen LogP contribution in [0.2, 0.25) is 10.0 Å². The average molecular weight is 505 g/mol. The van der Waals surface area contributed by atoms with Crippen molar-refractivity contribution in [2.75, 3.05) is 13.2 Å². The fourth-order valence-electron chi connectivity index (χ4n) is 4.09. The second kappa shape index (κ2) is 8.93. The number of fused-ring (bicyclic) bond motifs is 1.